The Morgan fingerprint density at radius 3 is 2.59 bits per heavy atom. The SMILES string of the molecule is CCNCc1cc(O)cc2c1C1(OC(=O)c3ccccc31)c1ccc(O)cc1O2. The molecule has 0 fully saturated rings. The topological polar surface area (TPSA) is 88.0 Å². The highest BCUT2D eigenvalue weighted by atomic mass is 16.6. The van der Waals surface area contributed by atoms with Crippen molar-refractivity contribution in [1.82, 2.24) is 5.32 Å². The van der Waals surface area contributed by atoms with Crippen LogP contribution in [0, 0.1) is 0 Å². The van der Waals surface area contributed by atoms with Crippen LogP contribution in [-0.2, 0) is 16.9 Å². The predicted molar refractivity (Wildman–Crippen MR) is 105 cm³/mol. The number of esters is 1. The first-order valence-corrected chi connectivity index (χ1v) is 9.46. The van der Waals surface area contributed by atoms with Gasteiger partial charge < -0.3 is 25.0 Å². The van der Waals surface area contributed by atoms with Crippen molar-refractivity contribution in [1.29, 1.82) is 0 Å². The number of rotatable bonds is 3. The van der Waals surface area contributed by atoms with Crippen molar-refractivity contribution in [3.8, 4) is 23.0 Å². The fourth-order valence-corrected chi connectivity index (χ4v) is 4.28. The van der Waals surface area contributed by atoms with Crippen molar-refractivity contribution in [3.63, 3.8) is 0 Å². The van der Waals surface area contributed by atoms with Gasteiger partial charge in [-0.1, -0.05) is 25.1 Å². The maximum Gasteiger partial charge on any atom is 0.340 e. The Morgan fingerprint density at radius 2 is 1.76 bits per heavy atom. The molecule has 0 bridgehead atoms. The van der Waals surface area contributed by atoms with Gasteiger partial charge in [0, 0.05) is 29.8 Å². The monoisotopic (exact) mass is 389 g/mol. The number of phenolic OH excluding ortho intramolecular Hbond substituents is 2. The fraction of sp³-hybridized carbons (Fsp3) is 0.174. The molecule has 0 aliphatic carbocycles. The summed E-state index contributed by atoms with van der Waals surface area (Å²) in [5.74, 6) is 0.429. The Bertz CT molecular complexity index is 1160. The van der Waals surface area contributed by atoms with E-state index in [1.54, 1.807) is 30.3 Å². The van der Waals surface area contributed by atoms with E-state index in [1.807, 2.05) is 19.1 Å². The number of hydrogen-bond donors (Lipinski definition) is 3. The molecular weight excluding hydrogens is 370 g/mol. The molecule has 3 aromatic rings. The quantitative estimate of drug-likeness (QED) is 0.591. The molecule has 0 aromatic heterocycles. The molecule has 0 saturated carbocycles. The van der Waals surface area contributed by atoms with Gasteiger partial charge in [-0.15, -0.1) is 0 Å². The van der Waals surface area contributed by atoms with Gasteiger partial charge in [0.1, 0.15) is 23.0 Å². The summed E-state index contributed by atoms with van der Waals surface area (Å²) in [6, 6.07) is 15.2. The molecule has 0 radical (unpaired) electrons. The van der Waals surface area contributed by atoms with E-state index in [2.05, 4.69) is 5.32 Å². The van der Waals surface area contributed by atoms with E-state index < -0.39 is 11.6 Å². The Kier molecular flexibility index (Phi) is 3.79. The number of carbonyl (C=O) groups is 1. The normalized spacial score (nSPS) is 18.6. The lowest BCUT2D eigenvalue weighted by atomic mass is 9.75. The van der Waals surface area contributed by atoms with E-state index in [0.717, 1.165) is 12.1 Å². The van der Waals surface area contributed by atoms with Crippen LogP contribution in [-0.4, -0.2) is 22.7 Å². The lowest BCUT2D eigenvalue weighted by Gasteiger charge is -2.38. The molecule has 5 rings (SSSR count). The Labute approximate surface area is 167 Å². The Hall–Kier alpha value is -3.51. The van der Waals surface area contributed by atoms with E-state index in [-0.39, 0.29) is 11.5 Å². The lowest BCUT2D eigenvalue weighted by molar-refractivity contribution is 0.0221. The molecule has 1 spiro atoms. The van der Waals surface area contributed by atoms with Crippen LogP contribution in [0.4, 0.5) is 0 Å². The molecule has 2 heterocycles. The highest BCUT2D eigenvalue weighted by Crippen LogP contribution is 2.58. The van der Waals surface area contributed by atoms with Gasteiger partial charge in [0.15, 0.2) is 5.60 Å². The largest absolute Gasteiger partial charge is 0.508 e. The molecule has 3 aromatic carbocycles. The molecular formula is C23H19NO5. The Balaban J connectivity index is 1.88. The number of fused-ring (bicyclic) bond motifs is 6. The third-order valence-electron chi connectivity index (χ3n) is 5.42. The van der Waals surface area contributed by atoms with Crippen LogP contribution in [0.25, 0.3) is 0 Å². The van der Waals surface area contributed by atoms with E-state index in [9.17, 15) is 15.0 Å². The van der Waals surface area contributed by atoms with E-state index >= 15 is 0 Å². The first kappa shape index (κ1) is 17.6. The molecule has 6 heteroatoms. The average molecular weight is 389 g/mol. The molecule has 146 valence electrons. The fourth-order valence-electron chi connectivity index (χ4n) is 4.28. The summed E-state index contributed by atoms with van der Waals surface area (Å²) in [4.78, 5) is 12.8. The number of aromatic hydroxyl groups is 2. The van der Waals surface area contributed by atoms with Crippen molar-refractivity contribution in [2.24, 2.45) is 0 Å². The van der Waals surface area contributed by atoms with Crippen LogP contribution in [0.1, 0.15) is 39.5 Å². The summed E-state index contributed by atoms with van der Waals surface area (Å²) in [6.45, 7) is 3.19. The van der Waals surface area contributed by atoms with Gasteiger partial charge >= 0.3 is 5.97 Å². The second-order valence-corrected chi connectivity index (χ2v) is 7.16. The predicted octanol–water partition coefficient (Wildman–Crippen LogP) is 3.78. The van der Waals surface area contributed by atoms with Gasteiger partial charge in [0.25, 0.3) is 0 Å². The van der Waals surface area contributed by atoms with Crippen LogP contribution in [0.15, 0.2) is 54.6 Å². The summed E-state index contributed by atoms with van der Waals surface area (Å²) in [5, 5.41) is 23.5. The average Bonchev–Trinajstić information content (AvgIpc) is 2.99. The van der Waals surface area contributed by atoms with Gasteiger partial charge in [-0.25, -0.2) is 4.79 Å². The molecule has 2 aliphatic heterocycles. The molecule has 0 amide bonds. The number of hydrogen-bond acceptors (Lipinski definition) is 6. The van der Waals surface area contributed by atoms with Gasteiger partial charge in [0.05, 0.1) is 11.1 Å². The molecule has 3 N–H and O–H groups in total. The zero-order valence-electron chi connectivity index (χ0n) is 15.7. The van der Waals surface area contributed by atoms with Crippen molar-refractivity contribution in [2.75, 3.05) is 6.54 Å². The highest BCUT2D eigenvalue weighted by Gasteiger charge is 2.54. The first-order valence-electron chi connectivity index (χ1n) is 9.46. The van der Waals surface area contributed by atoms with Crippen molar-refractivity contribution in [3.05, 3.63) is 82.4 Å². The van der Waals surface area contributed by atoms with Crippen LogP contribution < -0.4 is 10.1 Å². The summed E-state index contributed by atoms with van der Waals surface area (Å²) in [7, 11) is 0. The standard InChI is InChI=1S/C23H19NO5/c1-2-24-12-13-9-15(26)11-20-21(13)23(18-8-7-14(25)10-19(18)28-20)17-6-4-3-5-16(17)22(27)29-23/h3-11,24-26H,2,12H2,1H3. The minimum absolute atomic E-state index is 0.0352. The van der Waals surface area contributed by atoms with Gasteiger partial charge in [-0.05, 0) is 36.4 Å². The number of phenols is 2. The number of carbonyl (C=O) groups excluding carboxylic acids is 1. The van der Waals surface area contributed by atoms with E-state index in [4.69, 9.17) is 9.47 Å². The molecule has 2 aliphatic rings. The van der Waals surface area contributed by atoms with E-state index in [1.165, 1.54) is 12.1 Å². The molecule has 1 unspecified atom stereocenters. The van der Waals surface area contributed by atoms with Crippen molar-refractivity contribution >= 4 is 5.97 Å². The van der Waals surface area contributed by atoms with Gasteiger partial charge in [-0.2, -0.15) is 0 Å². The summed E-state index contributed by atoms with van der Waals surface area (Å²) >= 11 is 0. The highest BCUT2D eigenvalue weighted by molar-refractivity contribution is 5.97. The molecule has 1 atom stereocenters. The Morgan fingerprint density at radius 1 is 0.966 bits per heavy atom. The van der Waals surface area contributed by atoms with Crippen LogP contribution in [0.3, 0.4) is 0 Å². The maximum atomic E-state index is 12.8. The summed E-state index contributed by atoms with van der Waals surface area (Å²) < 4.78 is 12.2. The van der Waals surface area contributed by atoms with Crippen LogP contribution in [0.2, 0.25) is 0 Å². The maximum absolute atomic E-state index is 12.8. The summed E-state index contributed by atoms with van der Waals surface area (Å²) in [6.07, 6.45) is 0. The van der Waals surface area contributed by atoms with Crippen LogP contribution in [0.5, 0.6) is 23.0 Å². The molecule has 0 saturated heterocycles. The second-order valence-electron chi connectivity index (χ2n) is 7.16. The second kappa shape index (κ2) is 6.25. The van der Waals surface area contributed by atoms with Gasteiger partial charge in [0.2, 0.25) is 0 Å². The molecule has 6 nitrogen and oxygen atoms in total. The number of benzene rings is 3. The van der Waals surface area contributed by atoms with Crippen LogP contribution >= 0.6 is 0 Å². The summed E-state index contributed by atoms with van der Waals surface area (Å²) in [5.41, 5.74) is 2.05. The van der Waals surface area contributed by atoms with E-state index in [0.29, 0.717) is 40.3 Å². The third-order valence-corrected chi connectivity index (χ3v) is 5.42. The number of ether oxygens (including phenoxy) is 2. The smallest absolute Gasteiger partial charge is 0.340 e. The third kappa shape index (κ3) is 2.42. The zero-order chi connectivity index (χ0) is 20.2. The molecule has 29 heavy (non-hydrogen) atoms. The van der Waals surface area contributed by atoms with Crippen molar-refractivity contribution in [2.45, 2.75) is 19.1 Å². The first-order chi connectivity index (χ1) is 14.0. The van der Waals surface area contributed by atoms with Crippen molar-refractivity contribution < 1.29 is 24.5 Å². The minimum atomic E-state index is -1.22. The number of nitrogens with one attached hydrogen (secondary N) is 1. The zero-order valence-corrected chi connectivity index (χ0v) is 15.7. The minimum Gasteiger partial charge on any atom is -0.508 e. The lowest BCUT2D eigenvalue weighted by Crippen LogP contribution is -2.35. The van der Waals surface area contributed by atoms with Gasteiger partial charge in [-0.3, -0.25) is 0 Å².